The van der Waals surface area contributed by atoms with Gasteiger partial charge in [-0.2, -0.15) is 0 Å². The van der Waals surface area contributed by atoms with Crippen molar-refractivity contribution in [1.29, 1.82) is 0 Å². The number of carbonyl (C=O) groups is 1. The van der Waals surface area contributed by atoms with Gasteiger partial charge in [0.2, 0.25) is 5.91 Å². The zero-order valence-corrected chi connectivity index (χ0v) is 13.0. The highest BCUT2D eigenvalue weighted by atomic mass is 16.2. The van der Waals surface area contributed by atoms with Gasteiger partial charge >= 0.3 is 0 Å². The third kappa shape index (κ3) is 2.59. The molecular formula is C17H25N3O. The maximum absolute atomic E-state index is 12.7. The van der Waals surface area contributed by atoms with Gasteiger partial charge in [-0.15, -0.1) is 0 Å². The average molecular weight is 287 g/mol. The van der Waals surface area contributed by atoms with Gasteiger partial charge < -0.3 is 15.5 Å². The first-order chi connectivity index (χ1) is 10.1. The van der Waals surface area contributed by atoms with E-state index in [0.29, 0.717) is 18.6 Å². The molecule has 1 aromatic rings. The van der Waals surface area contributed by atoms with Crippen LogP contribution < -0.4 is 10.6 Å². The number of nitrogens with zero attached hydrogens (tertiary/aromatic N) is 2. The van der Waals surface area contributed by atoms with E-state index in [1.807, 2.05) is 12.1 Å². The molecule has 0 aliphatic carbocycles. The van der Waals surface area contributed by atoms with E-state index in [1.165, 1.54) is 12.0 Å². The summed E-state index contributed by atoms with van der Waals surface area (Å²) in [6.45, 7) is 5.68. The van der Waals surface area contributed by atoms with Crippen LogP contribution in [0.25, 0.3) is 0 Å². The van der Waals surface area contributed by atoms with Crippen LogP contribution in [-0.4, -0.2) is 36.0 Å². The predicted molar refractivity (Wildman–Crippen MR) is 86.4 cm³/mol. The molecule has 2 unspecified atom stereocenters. The van der Waals surface area contributed by atoms with E-state index in [0.717, 1.165) is 37.2 Å². The summed E-state index contributed by atoms with van der Waals surface area (Å²) in [5, 5.41) is 0. The summed E-state index contributed by atoms with van der Waals surface area (Å²) in [4.78, 5) is 17.0. The van der Waals surface area contributed by atoms with Crippen LogP contribution in [0.3, 0.4) is 0 Å². The molecule has 4 heteroatoms. The molecule has 2 aliphatic heterocycles. The van der Waals surface area contributed by atoms with Crippen LogP contribution in [0.5, 0.6) is 0 Å². The molecule has 1 fully saturated rings. The lowest BCUT2D eigenvalue weighted by molar-refractivity contribution is -0.135. The second kappa shape index (κ2) is 5.58. The first kappa shape index (κ1) is 14.2. The zero-order valence-electron chi connectivity index (χ0n) is 13.0. The lowest BCUT2D eigenvalue weighted by Crippen LogP contribution is -2.51. The Morgan fingerprint density at radius 2 is 2.00 bits per heavy atom. The van der Waals surface area contributed by atoms with Crippen LogP contribution in [0.15, 0.2) is 18.2 Å². The molecule has 2 atom stereocenters. The van der Waals surface area contributed by atoms with Gasteiger partial charge in [-0.1, -0.05) is 12.1 Å². The highest BCUT2D eigenvalue weighted by molar-refractivity contribution is 5.85. The van der Waals surface area contributed by atoms with E-state index in [4.69, 9.17) is 5.73 Å². The van der Waals surface area contributed by atoms with Gasteiger partial charge in [-0.25, -0.2) is 0 Å². The van der Waals surface area contributed by atoms with Gasteiger partial charge in [0.15, 0.2) is 0 Å². The van der Waals surface area contributed by atoms with Crippen LogP contribution in [-0.2, 0) is 11.2 Å². The van der Waals surface area contributed by atoms with E-state index >= 15 is 0 Å². The summed E-state index contributed by atoms with van der Waals surface area (Å²) in [6, 6.07) is 6.75. The highest BCUT2D eigenvalue weighted by Gasteiger charge is 2.31. The molecule has 2 N–H and O–H groups in total. The average Bonchev–Trinajstić information content (AvgIpc) is 2.83. The highest BCUT2D eigenvalue weighted by Crippen LogP contribution is 2.33. The third-order valence-electron chi connectivity index (χ3n) is 4.93. The molecule has 2 heterocycles. The Balaban J connectivity index is 1.75. The smallest absolute Gasteiger partial charge is 0.242 e. The molecule has 3 rings (SSSR count). The summed E-state index contributed by atoms with van der Waals surface area (Å²) >= 11 is 0. The van der Waals surface area contributed by atoms with E-state index in [2.05, 4.69) is 29.7 Å². The Labute approximate surface area is 126 Å². The van der Waals surface area contributed by atoms with Gasteiger partial charge in [0.1, 0.15) is 0 Å². The van der Waals surface area contributed by atoms with Crippen LogP contribution in [0, 0.1) is 0 Å². The van der Waals surface area contributed by atoms with E-state index in [9.17, 15) is 4.79 Å². The molecule has 114 valence electrons. The Kier molecular flexibility index (Phi) is 3.79. The lowest BCUT2D eigenvalue weighted by Gasteiger charge is -2.40. The second-order valence-electron chi connectivity index (χ2n) is 6.46. The summed E-state index contributed by atoms with van der Waals surface area (Å²) in [5.74, 6) is 0.241. The minimum Gasteiger partial charge on any atom is -0.397 e. The quantitative estimate of drug-likeness (QED) is 0.850. The number of likely N-dealkylation sites (tertiary alicyclic amines) is 1. The fourth-order valence-corrected chi connectivity index (χ4v) is 3.88. The summed E-state index contributed by atoms with van der Waals surface area (Å²) in [7, 11) is 0. The van der Waals surface area contributed by atoms with Crippen LogP contribution in [0.2, 0.25) is 0 Å². The van der Waals surface area contributed by atoms with Crippen molar-refractivity contribution in [1.82, 2.24) is 4.90 Å². The molecule has 1 aromatic carbocycles. The first-order valence-corrected chi connectivity index (χ1v) is 8.01. The van der Waals surface area contributed by atoms with Gasteiger partial charge in [0.25, 0.3) is 0 Å². The number of fused-ring (bicyclic) bond motifs is 1. The number of para-hydroxylation sites is 1. The fourth-order valence-electron chi connectivity index (χ4n) is 3.88. The van der Waals surface area contributed by atoms with Gasteiger partial charge in [-0.05, 0) is 51.2 Å². The molecule has 1 amide bonds. The number of hydrogen-bond acceptors (Lipinski definition) is 3. The monoisotopic (exact) mass is 287 g/mol. The van der Waals surface area contributed by atoms with Crippen molar-refractivity contribution >= 4 is 17.3 Å². The van der Waals surface area contributed by atoms with Crippen molar-refractivity contribution in [3.8, 4) is 0 Å². The van der Waals surface area contributed by atoms with Crippen molar-refractivity contribution in [3.63, 3.8) is 0 Å². The molecule has 0 saturated carbocycles. The van der Waals surface area contributed by atoms with Gasteiger partial charge in [0, 0.05) is 18.6 Å². The molecule has 0 radical (unpaired) electrons. The van der Waals surface area contributed by atoms with Gasteiger partial charge in [-0.3, -0.25) is 4.79 Å². The number of hydrogen-bond donors (Lipinski definition) is 1. The van der Waals surface area contributed by atoms with E-state index < -0.39 is 0 Å². The van der Waals surface area contributed by atoms with Gasteiger partial charge in [0.05, 0.1) is 17.9 Å². The molecule has 1 saturated heterocycles. The Bertz CT molecular complexity index is 533. The maximum Gasteiger partial charge on any atom is 0.242 e. The summed E-state index contributed by atoms with van der Waals surface area (Å²) < 4.78 is 0. The molecule has 21 heavy (non-hydrogen) atoms. The molecular weight excluding hydrogens is 262 g/mol. The Morgan fingerprint density at radius 3 is 2.71 bits per heavy atom. The number of rotatable bonds is 2. The first-order valence-electron chi connectivity index (χ1n) is 8.01. The number of carbonyl (C=O) groups excluding carboxylic acids is 1. The molecule has 4 nitrogen and oxygen atoms in total. The predicted octanol–water partition coefficient (Wildman–Crippen LogP) is 2.42. The number of amides is 1. The van der Waals surface area contributed by atoms with Crippen molar-refractivity contribution in [2.45, 2.75) is 51.6 Å². The number of anilines is 2. The third-order valence-corrected chi connectivity index (χ3v) is 4.93. The molecule has 0 aromatic heterocycles. The largest absolute Gasteiger partial charge is 0.397 e. The fraction of sp³-hybridized carbons (Fsp3) is 0.588. The van der Waals surface area contributed by atoms with E-state index in [1.54, 1.807) is 0 Å². The SMILES string of the molecule is CC1CCCC(C)N1C(=O)CN1CCc2cccc(N)c21. The van der Waals surface area contributed by atoms with Crippen LogP contribution >= 0.6 is 0 Å². The standard InChI is InChI=1S/C17H25N3O/c1-12-5-3-6-13(2)20(12)16(21)11-19-10-9-14-7-4-8-15(18)17(14)19/h4,7-8,12-13H,3,5-6,9-11,18H2,1-2H3. The normalized spacial score (nSPS) is 25.0. The second-order valence-corrected chi connectivity index (χ2v) is 6.46. The number of piperidine rings is 1. The summed E-state index contributed by atoms with van der Waals surface area (Å²) in [5.41, 5.74) is 9.23. The number of nitrogens with two attached hydrogens (primary N) is 1. The minimum absolute atomic E-state index is 0.241. The zero-order chi connectivity index (χ0) is 15.0. The number of benzene rings is 1. The van der Waals surface area contributed by atoms with Crippen molar-refractivity contribution < 1.29 is 4.79 Å². The minimum atomic E-state index is 0.241. The lowest BCUT2D eigenvalue weighted by atomic mass is 9.97. The number of nitrogen functional groups attached to an aromatic ring is 1. The topological polar surface area (TPSA) is 49.6 Å². The molecule has 0 bridgehead atoms. The summed E-state index contributed by atoms with van der Waals surface area (Å²) in [6.07, 6.45) is 4.45. The maximum atomic E-state index is 12.7. The van der Waals surface area contributed by atoms with Crippen molar-refractivity contribution in [2.75, 3.05) is 23.7 Å². The molecule has 2 aliphatic rings. The Morgan fingerprint density at radius 1 is 1.29 bits per heavy atom. The van der Waals surface area contributed by atoms with Crippen LogP contribution in [0.1, 0.15) is 38.7 Å². The van der Waals surface area contributed by atoms with Crippen LogP contribution in [0.4, 0.5) is 11.4 Å². The van der Waals surface area contributed by atoms with Crippen molar-refractivity contribution in [2.24, 2.45) is 0 Å². The van der Waals surface area contributed by atoms with Crippen molar-refractivity contribution in [3.05, 3.63) is 23.8 Å². The molecule has 0 spiro atoms. The Hall–Kier alpha value is -1.71. The van der Waals surface area contributed by atoms with E-state index in [-0.39, 0.29) is 5.91 Å².